The zero-order valence-electron chi connectivity index (χ0n) is 14.1. The molecule has 1 fully saturated rings. The third-order valence-electron chi connectivity index (χ3n) is 4.31. The van der Waals surface area contributed by atoms with Gasteiger partial charge in [0.05, 0.1) is 0 Å². The van der Waals surface area contributed by atoms with E-state index in [1.807, 2.05) is 14.1 Å². The molecule has 0 atom stereocenters. The van der Waals surface area contributed by atoms with E-state index in [1.54, 1.807) is 0 Å². The second-order valence-electron chi connectivity index (χ2n) is 6.63. The maximum absolute atomic E-state index is 12.1. The number of piperidine rings is 1. The summed E-state index contributed by atoms with van der Waals surface area (Å²) in [6.45, 7) is 6.80. The molecule has 22 heavy (non-hydrogen) atoms. The summed E-state index contributed by atoms with van der Waals surface area (Å²) in [5.41, 5.74) is 2.68. The van der Waals surface area contributed by atoms with Gasteiger partial charge in [-0.2, -0.15) is 0 Å². The Labute approximate surface area is 134 Å². The Balaban J connectivity index is 1.72. The predicted molar refractivity (Wildman–Crippen MR) is 90.7 cm³/mol. The normalized spacial score (nSPS) is 16.9. The van der Waals surface area contributed by atoms with Gasteiger partial charge in [0.1, 0.15) is 0 Å². The van der Waals surface area contributed by atoms with Crippen LogP contribution in [0.25, 0.3) is 0 Å². The first-order valence-electron chi connectivity index (χ1n) is 8.25. The molecular formula is C18H29N3O. The summed E-state index contributed by atoms with van der Waals surface area (Å²) >= 11 is 0. The Hall–Kier alpha value is -1.39. The van der Waals surface area contributed by atoms with Crippen LogP contribution in [-0.4, -0.2) is 56.0 Å². The fourth-order valence-electron chi connectivity index (χ4n) is 2.97. The first-order chi connectivity index (χ1) is 10.5. The second-order valence-corrected chi connectivity index (χ2v) is 6.63. The molecule has 0 spiro atoms. The van der Waals surface area contributed by atoms with Crippen LogP contribution in [0.1, 0.15) is 24.0 Å². The lowest BCUT2D eigenvalue weighted by atomic mass is 9.95. The number of carbonyl (C=O) groups is 1. The van der Waals surface area contributed by atoms with Crippen molar-refractivity contribution < 1.29 is 4.79 Å². The molecule has 0 aliphatic carbocycles. The van der Waals surface area contributed by atoms with Crippen molar-refractivity contribution in [1.82, 2.24) is 15.1 Å². The summed E-state index contributed by atoms with van der Waals surface area (Å²) in [7, 11) is 4.05. The maximum atomic E-state index is 12.1. The average molecular weight is 303 g/mol. The number of rotatable bonds is 6. The molecule has 1 saturated heterocycles. The molecular weight excluding hydrogens is 274 g/mol. The monoisotopic (exact) mass is 303 g/mol. The van der Waals surface area contributed by atoms with Gasteiger partial charge in [0, 0.05) is 25.6 Å². The van der Waals surface area contributed by atoms with Gasteiger partial charge in [-0.15, -0.1) is 0 Å². The van der Waals surface area contributed by atoms with Crippen LogP contribution in [0.15, 0.2) is 24.3 Å². The van der Waals surface area contributed by atoms with E-state index in [2.05, 4.69) is 46.3 Å². The molecule has 1 N–H and O–H groups in total. The zero-order valence-corrected chi connectivity index (χ0v) is 14.1. The van der Waals surface area contributed by atoms with Crippen LogP contribution in [0.4, 0.5) is 0 Å². The number of aryl methyl sites for hydroxylation is 1. The van der Waals surface area contributed by atoms with Gasteiger partial charge in [-0.25, -0.2) is 0 Å². The number of nitrogens with one attached hydrogen (secondary N) is 1. The molecule has 0 radical (unpaired) electrons. The van der Waals surface area contributed by atoms with Crippen LogP contribution in [0.3, 0.4) is 0 Å². The molecule has 122 valence electrons. The summed E-state index contributed by atoms with van der Waals surface area (Å²) in [5.74, 6) is 0.424. The van der Waals surface area contributed by atoms with E-state index < -0.39 is 0 Å². The van der Waals surface area contributed by atoms with E-state index in [9.17, 15) is 4.79 Å². The lowest BCUT2D eigenvalue weighted by molar-refractivity contribution is -0.126. The number of benzene rings is 1. The molecule has 0 saturated carbocycles. The van der Waals surface area contributed by atoms with E-state index in [0.29, 0.717) is 0 Å². The van der Waals surface area contributed by atoms with Crippen LogP contribution in [0, 0.1) is 12.8 Å². The second kappa shape index (κ2) is 8.30. The van der Waals surface area contributed by atoms with Gasteiger partial charge >= 0.3 is 0 Å². The van der Waals surface area contributed by atoms with Crippen molar-refractivity contribution in [3.05, 3.63) is 35.4 Å². The minimum absolute atomic E-state index is 0.191. The molecule has 4 nitrogen and oxygen atoms in total. The van der Waals surface area contributed by atoms with Gasteiger partial charge in [-0.1, -0.05) is 29.8 Å². The molecule has 1 amide bonds. The number of likely N-dealkylation sites (tertiary alicyclic amines) is 1. The molecule has 0 unspecified atom stereocenters. The Morgan fingerprint density at radius 3 is 2.68 bits per heavy atom. The summed E-state index contributed by atoms with van der Waals surface area (Å²) in [5, 5.41) is 3.06. The number of likely N-dealkylation sites (N-methyl/N-ethyl adjacent to an activating group) is 1. The van der Waals surface area contributed by atoms with E-state index in [1.165, 1.54) is 11.1 Å². The van der Waals surface area contributed by atoms with Crippen LogP contribution >= 0.6 is 0 Å². The SMILES string of the molecule is Cc1cccc(CN2CCC(C(=O)NCCN(C)C)CC2)c1. The van der Waals surface area contributed by atoms with E-state index >= 15 is 0 Å². The topological polar surface area (TPSA) is 35.6 Å². The van der Waals surface area contributed by atoms with Crippen molar-refractivity contribution in [3.8, 4) is 0 Å². The molecule has 1 heterocycles. The minimum Gasteiger partial charge on any atom is -0.355 e. The third-order valence-corrected chi connectivity index (χ3v) is 4.31. The Bertz CT molecular complexity index is 479. The van der Waals surface area contributed by atoms with Gasteiger partial charge in [-0.3, -0.25) is 9.69 Å². The van der Waals surface area contributed by atoms with Gasteiger partial charge in [0.25, 0.3) is 0 Å². The quantitative estimate of drug-likeness (QED) is 0.872. The minimum atomic E-state index is 0.191. The molecule has 0 bridgehead atoms. The van der Waals surface area contributed by atoms with E-state index in [4.69, 9.17) is 0 Å². The van der Waals surface area contributed by atoms with Gasteiger partial charge in [-0.05, 0) is 52.5 Å². The van der Waals surface area contributed by atoms with Crippen molar-refractivity contribution in [2.45, 2.75) is 26.3 Å². The zero-order chi connectivity index (χ0) is 15.9. The molecule has 2 rings (SSSR count). The lowest BCUT2D eigenvalue weighted by Gasteiger charge is -2.31. The van der Waals surface area contributed by atoms with Crippen LogP contribution in [0.5, 0.6) is 0 Å². The smallest absolute Gasteiger partial charge is 0.223 e. The van der Waals surface area contributed by atoms with Crippen molar-refractivity contribution >= 4 is 5.91 Å². The summed E-state index contributed by atoms with van der Waals surface area (Å²) in [4.78, 5) is 16.7. The van der Waals surface area contributed by atoms with E-state index in [-0.39, 0.29) is 11.8 Å². The maximum Gasteiger partial charge on any atom is 0.223 e. The molecule has 1 aliphatic heterocycles. The van der Waals surface area contributed by atoms with Crippen molar-refractivity contribution in [2.75, 3.05) is 40.3 Å². The Morgan fingerprint density at radius 2 is 2.05 bits per heavy atom. The number of amides is 1. The first kappa shape index (κ1) is 17.0. The van der Waals surface area contributed by atoms with Crippen molar-refractivity contribution in [1.29, 1.82) is 0 Å². The van der Waals surface area contributed by atoms with Crippen LogP contribution in [0.2, 0.25) is 0 Å². The number of nitrogens with zero attached hydrogens (tertiary/aromatic N) is 2. The highest BCUT2D eigenvalue weighted by atomic mass is 16.1. The fraction of sp³-hybridized carbons (Fsp3) is 0.611. The Morgan fingerprint density at radius 1 is 1.32 bits per heavy atom. The van der Waals surface area contributed by atoms with Gasteiger partial charge in [0.2, 0.25) is 5.91 Å². The molecule has 1 aromatic carbocycles. The van der Waals surface area contributed by atoms with Gasteiger partial charge < -0.3 is 10.2 Å². The van der Waals surface area contributed by atoms with Crippen molar-refractivity contribution in [3.63, 3.8) is 0 Å². The number of carbonyl (C=O) groups excluding carboxylic acids is 1. The van der Waals surface area contributed by atoms with Crippen molar-refractivity contribution in [2.24, 2.45) is 5.92 Å². The molecule has 1 aliphatic rings. The highest BCUT2D eigenvalue weighted by Gasteiger charge is 2.24. The first-order valence-corrected chi connectivity index (χ1v) is 8.25. The highest BCUT2D eigenvalue weighted by Crippen LogP contribution is 2.19. The summed E-state index contributed by atoms with van der Waals surface area (Å²) < 4.78 is 0. The largest absolute Gasteiger partial charge is 0.355 e. The molecule has 4 heteroatoms. The standard InChI is InChI=1S/C18H29N3O/c1-15-5-4-6-16(13-15)14-21-10-7-17(8-11-21)18(22)19-9-12-20(2)3/h4-6,13,17H,7-12,14H2,1-3H3,(H,19,22). The van der Waals surface area contributed by atoms with E-state index in [0.717, 1.165) is 45.6 Å². The molecule has 0 aromatic heterocycles. The lowest BCUT2D eigenvalue weighted by Crippen LogP contribution is -2.41. The predicted octanol–water partition coefficient (Wildman–Crippen LogP) is 1.88. The van der Waals surface area contributed by atoms with Crippen LogP contribution in [-0.2, 0) is 11.3 Å². The number of hydrogen-bond donors (Lipinski definition) is 1. The Kier molecular flexibility index (Phi) is 6.40. The fourth-order valence-corrected chi connectivity index (χ4v) is 2.97. The molecule has 1 aromatic rings. The highest BCUT2D eigenvalue weighted by molar-refractivity contribution is 5.78. The van der Waals surface area contributed by atoms with Gasteiger partial charge in [0.15, 0.2) is 0 Å². The average Bonchev–Trinajstić information content (AvgIpc) is 2.47. The number of hydrogen-bond acceptors (Lipinski definition) is 3. The summed E-state index contributed by atoms with van der Waals surface area (Å²) in [6, 6.07) is 8.69. The summed E-state index contributed by atoms with van der Waals surface area (Å²) in [6.07, 6.45) is 1.94. The van der Waals surface area contributed by atoms with Crippen LogP contribution < -0.4 is 5.32 Å². The third kappa shape index (κ3) is 5.43.